The molecule has 1 aliphatic heterocycles. The van der Waals surface area contributed by atoms with Gasteiger partial charge in [-0.1, -0.05) is 6.92 Å². The molecule has 0 unspecified atom stereocenters. The van der Waals surface area contributed by atoms with Gasteiger partial charge in [0.2, 0.25) is 5.91 Å². The van der Waals surface area contributed by atoms with Crippen molar-refractivity contribution >= 4 is 11.8 Å². The van der Waals surface area contributed by atoms with Crippen LogP contribution in [-0.4, -0.2) is 42.3 Å². The summed E-state index contributed by atoms with van der Waals surface area (Å²) in [6.07, 6.45) is -0.562. The predicted molar refractivity (Wildman–Crippen MR) is 58.7 cm³/mol. The molecule has 1 aliphatic rings. The first-order valence-corrected chi connectivity index (χ1v) is 5.91. The van der Waals surface area contributed by atoms with Crippen LogP contribution in [0.3, 0.4) is 0 Å². The van der Waals surface area contributed by atoms with Crippen molar-refractivity contribution in [2.24, 2.45) is 0 Å². The number of likely N-dealkylation sites (tertiary alicyclic amines) is 1. The van der Waals surface area contributed by atoms with Gasteiger partial charge in [-0.05, 0) is 19.3 Å². The van der Waals surface area contributed by atoms with E-state index in [9.17, 15) is 18.4 Å². The van der Waals surface area contributed by atoms with Gasteiger partial charge in [0.25, 0.3) is 5.91 Å². The average Bonchev–Trinajstić information content (AvgIpc) is 2.29. The summed E-state index contributed by atoms with van der Waals surface area (Å²) in [5, 5.41) is 2.84. The van der Waals surface area contributed by atoms with E-state index in [1.54, 1.807) is 0 Å². The summed E-state index contributed by atoms with van der Waals surface area (Å²) in [6.45, 7) is 2.50. The zero-order valence-corrected chi connectivity index (χ0v) is 9.92. The van der Waals surface area contributed by atoms with Crippen molar-refractivity contribution in [1.29, 1.82) is 0 Å². The lowest BCUT2D eigenvalue weighted by Gasteiger charge is -2.32. The van der Waals surface area contributed by atoms with Gasteiger partial charge in [0.1, 0.15) is 0 Å². The lowest BCUT2D eigenvalue weighted by atomic mass is 10.0. The molecule has 1 heterocycles. The maximum Gasteiger partial charge on any atom is 0.315 e. The van der Waals surface area contributed by atoms with Crippen LogP contribution in [0.25, 0.3) is 0 Å². The fourth-order valence-electron chi connectivity index (χ4n) is 1.91. The van der Waals surface area contributed by atoms with Crippen LogP contribution in [0.1, 0.15) is 32.6 Å². The standard InChI is InChI=1S/C11H18F2N2O2/c1-2-3-9(16)14-8-4-6-15(7-5-8)11(17)10(12)13/h8,10H,2-7H2,1H3,(H,14,16). The van der Waals surface area contributed by atoms with E-state index in [2.05, 4.69) is 5.32 Å². The number of carbonyl (C=O) groups excluding carboxylic acids is 2. The van der Waals surface area contributed by atoms with E-state index in [0.29, 0.717) is 32.4 Å². The molecule has 0 aromatic rings. The lowest BCUT2D eigenvalue weighted by Crippen LogP contribution is -2.48. The molecule has 2 amide bonds. The molecule has 1 rings (SSSR count). The van der Waals surface area contributed by atoms with Crippen LogP contribution in [0.4, 0.5) is 8.78 Å². The summed E-state index contributed by atoms with van der Waals surface area (Å²) in [7, 11) is 0. The first-order chi connectivity index (χ1) is 8.04. The third-order valence-electron chi connectivity index (χ3n) is 2.84. The SMILES string of the molecule is CCCC(=O)NC1CCN(C(=O)C(F)F)CC1. The van der Waals surface area contributed by atoms with Gasteiger partial charge in [0.05, 0.1) is 0 Å². The molecule has 17 heavy (non-hydrogen) atoms. The van der Waals surface area contributed by atoms with Crippen molar-refractivity contribution in [3.63, 3.8) is 0 Å². The summed E-state index contributed by atoms with van der Waals surface area (Å²) in [6, 6.07) is 0.00997. The maximum atomic E-state index is 12.2. The summed E-state index contributed by atoms with van der Waals surface area (Å²) in [5.41, 5.74) is 0. The maximum absolute atomic E-state index is 12.2. The van der Waals surface area contributed by atoms with Crippen LogP contribution < -0.4 is 5.32 Å². The fraction of sp³-hybridized carbons (Fsp3) is 0.818. The molecule has 0 spiro atoms. The van der Waals surface area contributed by atoms with Crippen LogP contribution in [0.5, 0.6) is 0 Å². The summed E-state index contributed by atoms with van der Waals surface area (Å²) >= 11 is 0. The zero-order valence-electron chi connectivity index (χ0n) is 9.92. The van der Waals surface area contributed by atoms with Crippen LogP contribution >= 0.6 is 0 Å². The van der Waals surface area contributed by atoms with Gasteiger partial charge in [-0.3, -0.25) is 9.59 Å². The lowest BCUT2D eigenvalue weighted by molar-refractivity contribution is -0.144. The molecule has 1 saturated heterocycles. The third-order valence-corrected chi connectivity index (χ3v) is 2.84. The van der Waals surface area contributed by atoms with Crippen molar-refractivity contribution in [2.75, 3.05) is 13.1 Å². The van der Waals surface area contributed by atoms with E-state index in [1.165, 1.54) is 0 Å². The normalized spacial score (nSPS) is 17.3. The smallest absolute Gasteiger partial charge is 0.315 e. The molecular formula is C11H18F2N2O2. The van der Waals surface area contributed by atoms with E-state index in [0.717, 1.165) is 11.3 Å². The van der Waals surface area contributed by atoms with E-state index >= 15 is 0 Å². The number of halogens is 2. The molecule has 1 N–H and O–H groups in total. The molecule has 0 radical (unpaired) electrons. The van der Waals surface area contributed by atoms with Crippen molar-refractivity contribution in [1.82, 2.24) is 10.2 Å². The second-order valence-electron chi connectivity index (χ2n) is 4.22. The Bertz CT molecular complexity index is 277. The minimum atomic E-state index is -2.93. The third kappa shape index (κ3) is 4.28. The molecule has 0 saturated carbocycles. The van der Waals surface area contributed by atoms with Crippen LogP contribution in [0, 0.1) is 0 Å². The number of piperidine rings is 1. The Labute approximate surface area is 99.3 Å². The molecule has 1 fully saturated rings. The van der Waals surface area contributed by atoms with Gasteiger partial charge in [0, 0.05) is 25.6 Å². The molecule has 6 heteroatoms. The number of carbonyl (C=O) groups is 2. The number of nitrogens with zero attached hydrogens (tertiary/aromatic N) is 1. The van der Waals surface area contributed by atoms with Gasteiger partial charge in [-0.2, -0.15) is 8.78 Å². The number of hydrogen-bond acceptors (Lipinski definition) is 2. The number of hydrogen-bond donors (Lipinski definition) is 1. The topological polar surface area (TPSA) is 49.4 Å². The first-order valence-electron chi connectivity index (χ1n) is 5.91. The van der Waals surface area contributed by atoms with Gasteiger partial charge >= 0.3 is 6.43 Å². The molecule has 0 bridgehead atoms. The Morgan fingerprint density at radius 3 is 2.41 bits per heavy atom. The molecule has 0 atom stereocenters. The quantitative estimate of drug-likeness (QED) is 0.811. The summed E-state index contributed by atoms with van der Waals surface area (Å²) < 4.78 is 24.3. The summed E-state index contributed by atoms with van der Waals surface area (Å²) in [4.78, 5) is 23.5. The monoisotopic (exact) mass is 248 g/mol. The predicted octanol–water partition coefficient (Wildman–Crippen LogP) is 1.16. The minimum absolute atomic E-state index is 0.00821. The van der Waals surface area contributed by atoms with E-state index < -0.39 is 12.3 Å². The van der Waals surface area contributed by atoms with Crippen LogP contribution in [0.15, 0.2) is 0 Å². The Morgan fingerprint density at radius 1 is 1.35 bits per heavy atom. The van der Waals surface area contributed by atoms with Crippen molar-refractivity contribution < 1.29 is 18.4 Å². The average molecular weight is 248 g/mol. The Balaban J connectivity index is 2.31. The van der Waals surface area contributed by atoms with E-state index in [-0.39, 0.29) is 11.9 Å². The summed E-state index contributed by atoms with van der Waals surface area (Å²) in [5.74, 6) is -1.12. The highest BCUT2D eigenvalue weighted by Crippen LogP contribution is 2.13. The largest absolute Gasteiger partial charge is 0.353 e. The van der Waals surface area contributed by atoms with Crippen molar-refractivity contribution in [3.8, 4) is 0 Å². The highest BCUT2D eigenvalue weighted by Gasteiger charge is 2.28. The van der Waals surface area contributed by atoms with E-state index in [4.69, 9.17) is 0 Å². The molecule has 0 aromatic heterocycles. The van der Waals surface area contributed by atoms with Crippen LogP contribution in [-0.2, 0) is 9.59 Å². The highest BCUT2D eigenvalue weighted by molar-refractivity contribution is 5.79. The second kappa shape index (κ2) is 6.51. The number of nitrogens with one attached hydrogen (secondary N) is 1. The zero-order chi connectivity index (χ0) is 12.8. The number of rotatable bonds is 4. The molecule has 98 valence electrons. The van der Waals surface area contributed by atoms with Crippen molar-refractivity contribution in [3.05, 3.63) is 0 Å². The van der Waals surface area contributed by atoms with Gasteiger partial charge in [-0.15, -0.1) is 0 Å². The minimum Gasteiger partial charge on any atom is -0.353 e. The Hall–Kier alpha value is -1.20. The Morgan fingerprint density at radius 2 is 1.94 bits per heavy atom. The van der Waals surface area contributed by atoms with Gasteiger partial charge in [-0.25, -0.2) is 0 Å². The molecule has 4 nitrogen and oxygen atoms in total. The van der Waals surface area contributed by atoms with Gasteiger partial charge in [0.15, 0.2) is 0 Å². The van der Waals surface area contributed by atoms with Crippen LogP contribution in [0.2, 0.25) is 0 Å². The Kier molecular flexibility index (Phi) is 5.31. The molecular weight excluding hydrogens is 230 g/mol. The second-order valence-corrected chi connectivity index (χ2v) is 4.22. The molecule has 0 aliphatic carbocycles. The number of alkyl halides is 2. The highest BCUT2D eigenvalue weighted by atomic mass is 19.3. The van der Waals surface area contributed by atoms with E-state index in [1.807, 2.05) is 6.92 Å². The van der Waals surface area contributed by atoms with Gasteiger partial charge < -0.3 is 10.2 Å². The fourth-order valence-corrected chi connectivity index (χ4v) is 1.91. The molecule has 0 aromatic carbocycles. The first kappa shape index (κ1) is 13.9. The number of amides is 2. The van der Waals surface area contributed by atoms with Crippen molar-refractivity contribution in [2.45, 2.75) is 45.1 Å².